The Hall–Kier alpha value is -1.99. The molecule has 3 nitrogen and oxygen atoms in total. The highest BCUT2D eigenvalue weighted by Crippen LogP contribution is 2.27. The van der Waals surface area contributed by atoms with Crippen LogP contribution in [0.5, 0.6) is 0 Å². The van der Waals surface area contributed by atoms with Gasteiger partial charge in [0.05, 0.1) is 5.69 Å². The SMILES string of the molecule is Cc1ccc(Sc2ccc(N)c(C#N)n2)cc1. The van der Waals surface area contributed by atoms with E-state index in [4.69, 9.17) is 11.0 Å². The van der Waals surface area contributed by atoms with Gasteiger partial charge in [-0.3, -0.25) is 0 Å². The number of anilines is 1. The van der Waals surface area contributed by atoms with Crippen LogP contribution in [-0.4, -0.2) is 4.98 Å². The van der Waals surface area contributed by atoms with Crippen molar-refractivity contribution in [2.75, 3.05) is 5.73 Å². The first-order valence-electron chi connectivity index (χ1n) is 5.10. The summed E-state index contributed by atoms with van der Waals surface area (Å²) in [6.07, 6.45) is 0. The standard InChI is InChI=1S/C13H11N3S/c1-9-2-4-10(5-3-9)17-13-7-6-11(15)12(8-14)16-13/h2-7H,15H2,1H3. The molecule has 17 heavy (non-hydrogen) atoms. The van der Waals surface area contributed by atoms with Gasteiger partial charge >= 0.3 is 0 Å². The molecule has 1 aromatic carbocycles. The van der Waals surface area contributed by atoms with E-state index in [-0.39, 0.29) is 5.69 Å². The van der Waals surface area contributed by atoms with Gasteiger partial charge in [-0.25, -0.2) is 4.98 Å². The second-order valence-corrected chi connectivity index (χ2v) is 4.71. The van der Waals surface area contributed by atoms with Gasteiger partial charge in [-0.15, -0.1) is 0 Å². The Morgan fingerprint density at radius 2 is 1.88 bits per heavy atom. The number of aromatic nitrogens is 1. The van der Waals surface area contributed by atoms with Crippen molar-refractivity contribution >= 4 is 17.4 Å². The fourth-order valence-corrected chi connectivity index (χ4v) is 2.11. The Morgan fingerprint density at radius 3 is 2.53 bits per heavy atom. The highest BCUT2D eigenvalue weighted by molar-refractivity contribution is 7.99. The number of nitrogens with two attached hydrogens (primary N) is 1. The lowest BCUT2D eigenvalue weighted by molar-refractivity contribution is 1.11. The van der Waals surface area contributed by atoms with Gasteiger partial charge in [-0.05, 0) is 31.2 Å². The number of pyridine rings is 1. The zero-order valence-corrected chi connectivity index (χ0v) is 10.2. The molecular weight excluding hydrogens is 230 g/mol. The molecule has 0 aliphatic heterocycles. The van der Waals surface area contributed by atoms with Gasteiger partial charge in [0.1, 0.15) is 11.1 Å². The highest BCUT2D eigenvalue weighted by atomic mass is 32.2. The smallest absolute Gasteiger partial charge is 0.164 e. The Bertz CT molecular complexity index is 570. The average Bonchev–Trinajstić information content (AvgIpc) is 2.34. The van der Waals surface area contributed by atoms with Crippen LogP contribution < -0.4 is 5.73 Å². The fraction of sp³-hybridized carbons (Fsp3) is 0.0769. The van der Waals surface area contributed by atoms with Crippen LogP contribution in [0.3, 0.4) is 0 Å². The van der Waals surface area contributed by atoms with Crippen LogP contribution in [0.1, 0.15) is 11.3 Å². The third kappa shape index (κ3) is 2.77. The van der Waals surface area contributed by atoms with Gasteiger partial charge in [0.25, 0.3) is 0 Å². The molecule has 84 valence electrons. The number of rotatable bonds is 2. The number of nitrogen functional groups attached to an aromatic ring is 1. The van der Waals surface area contributed by atoms with Gasteiger partial charge in [-0.1, -0.05) is 29.5 Å². The summed E-state index contributed by atoms with van der Waals surface area (Å²) in [6.45, 7) is 2.05. The van der Waals surface area contributed by atoms with E-state index in [1.54, 1.807) is 6.07 Å². The number of nitrogens with zero attached hydrogens (tertiary/aromatic N) is 2. The second kappa shape index (κ2) is 4.89. The van der Waals surface area contributed by atoms with Crippen LogP contribution in [0.15, 0.2) is 46.3 Å². The molecule has 0 spiro atoms. The van der Waals surface area contributed by atoms with Crippen molar-refractivity contribution in [2.45, 2.75) is 16.8 Å². The van der Waals surface area contributed by atoms with Gasteiger partial charge in [0.2, 0.25) is 0 Å². The number of hydrogen-bond acceptors (Lipinski definition) is 4. The van der Waals surface area contributed by atoms with Crippen molar-refractivity contribution in [1.29, 1.82) is 5.26 Å². The molecule has 0 radical (unpaired) electrons. The summed E-state index contributed by atoms with van der Waals surface area (Å²) in [7, 11) is 0. The Kier molecular flexibility index (Phi) is 3.31. The molecule has 0 atom stereocenters. The molecule has 0 unspecified atom stereocenters. The van der Waals surface area contributed by atoms with Crippen molar-refractivity contribution in [2.24, 2.45) is 0 Å². The summed E-state index contributed by atoms with van der Waals surface area (Å²) in [5.74, 6) is 0. The molecule has 4 heteroatoms. The largest absolute Gasteiger partial charge is 0.396 e. The van der Waals surface area contributed by atoms with Crippen molar-refractivity contribution in [1.82, 2.24) is 4.98 Å². The van der Waals surface area contributed by atoms with E-state index in [2.05, 4.69) is 4.98 Å². The topological polar surface area (TPSA) is 62.7 Å². The maximum Gasteiger partial charge on any atom is 0.164 e. The third-order valence-electron chi connectivity index (χ3n) is 2.25. The number of aryl methyl sites for hydroxylation is 1. The first-order valence-corrected chi connectivity index (χ1v) is 5.92. The Morgan fingerprint density at radius 1 is 1.18 bits per heavy atom. The Balaban J connectivity index is 2.25. The monoisotopic (exact) mass is 241 g/mol. The maximum absolute atomic E-state index is 8.84. The minimum absolute atomic E-state index is 0.280. The van der Waals surface area contributed by atoms with Crippen molar-refractivity contribution in [3.8, 4) is 6.07 Å². The van der Waals surface area contributed by atoms with E-state index in [0.717, 1.165) is 9.92 Å². The fourth-order valence-electron chi connectivity index (χ4n) is 1.33. The van der Waals surface area contributed by atoms with E-state index in [0.29, 0.717) is 5.69 Å². The molecule has 0 aliphatic carbocycles. The third-order valence-corrected chi connectivity index (χ3v) is 3.19. The molecule has 0 bridgehead atoms. The summed E-state index contributed by atoms with van der Waals surface area (Å²) < 4.78 is 0. The molecule has 1 heterocycles. The maximum atomic E-state index is 8.84. The quantitative estimate of drug-likeness (QED) is 0.878. The summed E-state index contributed by atoms with van der Waals surface area (Å²) in [5, 5.41) is 9.62. The van der Waals surface area contributed by atoms with Crippen LogP contribution in [0.25, 0.3) is 0 Å². The zero-order valence-electron chi connectivity index (χ0n) is 9.34. The van der Waals surface area contributed by atoms with E-state index in [9.17, 15) is 0 Å². The minimum Gasteiger partial charge on any atom is -0.396 e. The van der Waals surface area contributed by atoms with Gasteiger partial charge in [0, 0.05) is 4.90 Å². The van der Waals surface area contributed by atoms with Gasteiger partial charge in [-0.2, -0.15) is 5.26 Å². The number of benzene rings is 1. The van der Waals surface area contributed by atoms with Crippen LogP contribution in [0.4, 0.5) is 5.69 Å². The van der Waals surface area contributed by atoms with Crippen LogP contribution >= 0.6 is 11.8 Å². The zero-order chi connectivity index (χ0) is 12.3. The predicted octanol–water partition coefficient (Wildman–Crippen LogP) is 3.00. The molecule has 0 saturated heterocycles. The molecule has 2 aromatic rings. The van der Waals surface area contributed by atoms with E-state index in [1.165, 1.54) is 17.3 Å². The van der Waals surface area contributed by atoms with Crippen molar-refractivity contribution in [3.63, 3.8) is 0 Å². The lowest BCUT2D eigenvalue weighted by atomic mass is 10.2. The van der Waals surface area contributed by atoms with Crippen LogP contribution in [-0.2, 0) is 0 Å². The molecule has 0 amide bonds. The summed E-state index contributed by atoms with van der Waals surface area (Å²) in [5.41, 5.74) is 7.54. The summed E-state index contributed by atoms with van der Waals surface area (Å²) >= 11 is 1.52. The second-order valence-electron chi connectivity index (χ2n) is 3.61. The van der Waals surface area contributed by atoms with E-state index in [1.807, 2.05) is 43.3 Å². The van der Waals surface area contributed by atoms with E-state index < -0.39 is 0 Å². The molecule has 2 rings (SSSR count). The van der Waals surface area contributed by atoms with Gasteiger partial charge in [0.15, 0.2) is 5.69 Å². The lowest BCUT2D eigenvalue weighted by Crippen LogP contribution is -1.94. The summed E-state index contributed by atoms with van der Waals surface area (Å²) in [6, 6.07) is 13.7. The lowest BCUT2D eigenvalue weighted by Gasteiger charge is -2.03. The molecule has 0 aliphatic rings. The molecule has 0 fully saturated rings. The molecule has 1 aromatic heterocycles. The van der Waals surface area contributed by atoms with Crippen LogP contribution in [0, 0.1) is 18.3 Å². The first kappa shape index (κ1) is 11.5. The van der Waals surface area contributed by atoms with Gasteiger partial charge < -0.3 is 5.73 Å². The number of nitriles is 1. The predicted molar refractivity (Wildman–Crippen MR) is 68.7 cm³/mol. The minimum atomic E-state index is 0.280. The van der Waals surface area contributed by atoms with Crippen LogP contribution in [0.2, 0.25) is 0 Å². The van der Waals surface area contributed by atoms with E-state index >= 15 is 0 Å². The number of hydrogen-bond donors (Lipinski definition) is 1. The summed E-state index contributed by atoms with van der Waals surface area (Å²) in [4.78, 5) is 5.28. The molecule has 0 saturated carbocycles. The average molecular weight is 241 g/mol. The highest BCUT2D eigenvalue weighted by Gasteiger charge is 2.03. The van der Waals surface area contributed by atoms with Crippen molar-refractivity contribution in [3.05, 3.63) is 47.7 Å². The normalized spacial score (nSPS) is 9.88. The van der Waals surface area contributed by atoms with Crippen molar-refractivity contribution < 1.29 is 0 Å². The Labute approximate surface area is 104 Å². The molecule has 2 N–H and O–H groups in total. The first-order chi connectivity index (χ1) is 8.19. The molecular formula is C13H11N3S.